The Morgan fingerprint density at radius 2 is 1.88 bits per heavy atom. The fourth-order valence-corrected chi connectivity index (χ4v) is 5.32. The minimum absolute atomic E-state index is 0.174. The van der Waals surface area contributed by atoms with E-state index in [1.165, 1.54) is 0 Å². The number of fused-ring (bicyclic) bond motifs is 2. The SMILES string of the molecule is Cc1nccc(-c2c(C)nc(N3CCC4(CC3)Oc3ncccc3[C@H]4N)c3ccnn23)c1Cl. The van der Waals surface area contributed by atoms with Crippen LogP contribution in [0.1, 0.15) is 35.8 Å². The van der Waals surface area contributed by atoms with E-state index in [4.69, 9.17) is 27.1 Å². The maximum atomic E-state index is 6.62. The highest BCUT2D eigenvalue weighted by Gasteiger charge is 2.49. The third-order valence-corrected chi connectivity index (χ3v) is 7.41. The number of nitrogens with two attached hydrogens (primary N) is 1. The van der Waals surface area contributed by atoms with Crippen molar-refractivity contribution in [3.8, 4) is 17.1 Å². The van der Waals surface area contributed by atoms with Crippen molar-refractivity contribution in [2.75, 3.05) is 18.0 Å². The number of pyridine rings is 2. The highest BCUT2D eigenvalue weighted by molar-refractivity contribution is 6.33. The molecule has 2 aliphatic heterocycles. The number of rotatable bonds is 2. The third-order valence-electron chi connectivity index (χ3n) is 6.93. The fraction of sp³-hybridized carbons (Fsp3) is 0.333. The standard InChI is InChI=1S/C24H24ClN7O/c1-14-19(25)16(5-10-27-14)20-15(2)30-22(18-6-11-29-32(18)20)31-12-7-24(8-13-31)21(26)17-4-3-9-28-23(17)33-24/h3-6,9-11,21H,7-8,12-13,26H2,1-2H3/t21-/m1/s1. The van der Waals surface area contributed by atoms with Crippen molar-refractivity contribution in [2.45, 2.75) is 38.3 Å². The first-order valence-electron chi connectivity index (χ1n) is 11.1. The molecular formula is C24H24ClN7O. The van der Waals surface area contributed by atoms with Crippen LogP contribution in [-0.4, -0.2) is 43.3 Å². The molecule has 8 nitrogen and oxygen atoms in total. The van der Waals surface area contributed by atoms with Gasteiger partial charge in [-0.2, -0.15) is 5.10 Å². The number of hydrogen-bond donors (Lipinski definition) is 1. The molecule has 0 aliphatic carbocycles. The van der Waals surface area contributed by atoms with Crippen molar-refractivity contribution in [1.82, 2.24) is 24.6 Å². The fourth-order valence-electron chi connectivity index (χ4n) is 5.12. The Kier molecular flexibility index (Phi) is 4.57. The van der Waals surface area contributed by atoms with E-state index in [1.54, 1.807) is 18.6 Å². The van der Waals surface area contributed by atoms with Gasteiger partial charge in [0, 0.05) is 49.5 Å². The molecule has 2 aliphatic rings. The summed E-state index contributed by atoms with van der Waals surface area (Å²) in [6.07, 6.45) is 6.91. The quantitative estimate of drug-likeness (QED) is 0.484. The van der Waals surface area contributed by atoms with Gasteiger partial charge in [-0.3, -0.25) is 4.98 Å². The maximum absolute atomic E-state index is 6.62. The molecule has 0 amide bonds. The van der Waals surface area contributed by atoms with Gasteiger partial charge in [-0.25, -0.2) is 14.5 Å². The lowest BCUT2D eigenvalue weighted by Crippen LogP contribution is -2.51. The van der Waals surface area contributed by atoms with E-state index in [0.29, 0.717) is 10.9 Å². The van der Waals surface area contributed by atoms with E-state index < -0.39 is 5.60 Å². The lowest BCUT2D eigenvalue weighted by atomic mass is 9.83. The molecule has 2 N–H and O–H groups in total. The Bertz CT molecular complexity index is 1380. The van der Waals surface area contributed by atoms with E-state index in [1.807, 2.05) is 42.6 Å². The molecule has 6 rings (SSSR count). The van der Waals surface area contributed by atoms with E-state index in [9.17, 15) is 0 Å². The summed E-state index contributed by atoms with van der Waals surface area (Å²) in [4.78, 5) is 16.0. The van der Waals surface area contributed by atoms with Crippen molar-refractivity contribution >= 4 is 22.9 Å². The summed E-state index contributed by atoms with van der Waals surface area (Å²) in [6, 6.07) is 7.66. The maximum Gasteiger partial charge on any atom is 0.218 e. The molecule has 1 saturated heterocycles. The number of aromatic nitrogens is 5. The van der Waals surface area contributed by atoms with Crippen molar-refractivity contribution in [3.63, 3.8) is 0 Å². The Morgan fingerprint density at radius 1 is 1.06 bits per heavy atom. The lowest BCUT2D eigenvalue weighted by molar-refractivity contribution is 0.0398. The zero-order valence-electron chi connectivity index (χ0n) is 18.5. The minimum atomic E-state index is -0.416. The van der Waals surface area contributed by atoms with Gasteiger partial charge in [0.25, 0.3) is 0 Å². The number of ether oxygens (including phenoxy) is 1. The van der Waals surface area contributed by atoms with Gasteiger partial charge in [0.1, 0.15) is 11.1 Å². The number of halogens is 1. The largest absolute Gasteiger partial charge is 0.469 e. The molecule has 0 saturated carbocycles. The summed E-state index contributed by atoms with van der Waals surface area (Å²) in [5.41, 5.74) is 11.5. The summed E-state index contributed by atoms with van der Waals surface area (Å²) < 4.78 is 8.24. The minimum Gasteiger partial charge on any atom is -0.469 e. The molecule has 0 bridgehead atoms. The Morgan fingerprint density at radius 3 is 2.67 bits per heavy atom. The smallest absolute Gasteiger partial charge is 0.218 e. The molecule has 6 heterocycles. The normalized spacial score (nSPS) is 19.2. The van der Waals surface area contributed by atoms with E-state index in [-0.39, 0.29) is 6.04 Å². The molecule has 0 unspecified atom stereocenters. The Hall–Kier alpha value is -3.23. The molecule has 33 heavy (non-hydrogen) atoms. The third kappa shape index (κ3) is 3.01. The van der Waals surface area contributed by atoms with Gasteiger partial charge in [0.15, 0.2) is 5.82 Å². The van der Waals surface area contributed by atoms with Crippen LogP contribution >= 0.6 is 11.6 Å². The van der Waals surface area contributed by atoms with Crippen molar-refractivity contribution in [1.29, 1.82) is 0 Å². The van der Waals surface area contributed by atoms with Crippen LogP contribution in [0.5, 0.6) is 5.88 Å². The predicted octanol–water partition coefficient (Wildman–Crippen LogP) is 3.89. The molecule has 1 fully saturated rings. The monoisotopic (exact) mass is 461 g/mol. The topological polar surface area (TPSA) is 94.5 Å². The Labute approximate surface area is 196 Å². The number of piperidine rings is 1. The Balaban J connectivity index is 1.34. The first-order chi connectivity index (χ1) is 16.0. The molecule has 9 heteroatoms. The van der Waals surface area contributed by atoms with Crippen LogP contribution in [0.3, 0.4) is 0 Å². The summed E-state index contributed by atoms with van der Waals surface area (Å²) in [5, 5.41) is 5.23. The summed E-state index contributed by atoms with van der Waals surface area (Å²) in [5.74, 6) is 1.58. The molecule has 0 radical (unpaired) electrons. The molecule has 1 atom stereocenters. The summed E-state index contributed by atoms with van der Waals surface area (Å²) in [6.45, 7) is 5.46. The summed E-state index contributed by atoms with van der Waals surface area (Å²) >= 11 is 6.60. The van der Waals surface area contributed by atoms with Crippen molar-refractivity contribution in [2.24, 2.45) is 5.73 Å². The van der Waals surface area contributed by atoms with Gasteiger partial charge in [0.2, 0.25) is 5.88 Å². The number of anilines is 1. The molecule has 0 aromatic carbocycles. The molecule has 168 valence electrons. The van der Waals surface area contributed by atoms with Crippen LogP contribution in [0.25, 0.3) is 16.8 Å². The van der Waals surface area contributed by atoms with E-state index >= 15 is 0 Å². The van der Waals surface area contributed by atoms with Crippen LogP contribution in [0.15, 0.2) is 42.9 Å². The molecule has 1 spiro atoms. The zero-order chi connectivity index (χ0) is 22.7. The van der Waals surface area contributed by atoms with Gasteiger partial charge in [-0.1, -0.05) is 17.7 Å². The number of nitrogens with zero attached hydrogens (tertiary/aromatic N) is 6. The molecule has 4 aromatic rings. The van der Waals surface area contributed by atoms with Gasteiger partial charge in [0.05, 0.1) is 34.3 Å². The second-order valence-electron chi connectivity index (χ2n) is 8.78. The molecular weight excluding hydrogens is 438 g/mol. The van der Waals surface area contributed by atoms with Crippen LogP contribution in [-0.2, 0) is 0 Å². The average molecular weight is 462 g/mol. The number of aryl methyl sites for hydroxylation is 2. The van der Waals surface area contributed by atoms with E-state index in [0.717, 1.165) is 65.5 Å². The van der Waals surface area contributed by atoms with Crippen LogP contribution in [0, 0.1) is 13.8 Å². The zero-order valence-corrected chi connectivity index (χ0v) is 19.3. The highest BCUT2D eigenvalue weighted by atomic mass is 35.5. The van der Waals surface area contributed by atoms with Gasteiger partial charge < -0.3 is 15.4 Å². The molecule has 4 aromatic heterocycles. The van der Waals surface area contributed by atoms with Crippen LogP contribution in [0.2, 0.25) is 5.02 Å². The van der Waals surface area contributed by atoms with Gasteiger partial charge in [-0.15, -0.1) is 0 Å². The second kappa shape index (κ2) is 7.40. The average Bonchev–Trinajstić information content (AvgIpc) is 3.40. The van der Waals surface area contributed by atoms with E-state index in [2.05, 4.69) is 20.0 Å². The van der Waals surface area contributed by atoms with Crippen molar-refractivity contribution in [3.05, 3.63) is 64.8 Å². The van der Waals surface area contributed by atoms with Gasteiger partial charge in [-0.05, 0) is 32.0 Å². The van der Waals surface area contributed by atoms with Crippen LogP contribution < -0.4 is 15.4 Å². The second-order valence-corrected chi connectivity index (χ2v) is 9.16. The van der Waals surface area contributed by atoms with Crippen molar-refractivity contribution < 1.29 is 4.74 Å². The van der Waals surface area contributed by atoms with Crippen LogP contribution in [0.4, 0.5) is 5.82 Å². The number of hydrogen-bond acceptors (Lipinski definition) is 7. The predicted molar refractivity (Wildman–Crippen MR) is 127 cm³/mol. The summed E-state index contributed by atoms with van der Waals surface area (Å²) in [7, 11) is 0. The van der Waals surface area contributed by atoms with Gasteiger partial charge >= 0.3 is 0 Å². The lowest BCUT2D eigenvalue weighted by Gasteiger charge is -2.41. The first kappa shape index (κ1) is 20.4. The first-order valence-corrected chi connectivity index (χ1v) is 11.5. The highest BCUT2D eigenvalue weighted by Crippen LogP contribution is 2.46.